The van der Waals surface area contributed by atoms with Crippen LogP contribution in [0.15, 0.2) is 36.0 Å². The molecule has 2 heterocycles. The Morgan fingerprint density at radius 3 is 2.88 bits per heavy atom. The minimum atomic E-state index is -0.101. The minimum absolute atomic E-state index is 0.101. The first-order valence-electron chi connectivity index (χ1n) is 5.14. The largest absolute Gasteiger partial charge is 0.376 e. The van der Waals surface area contributed by atoms with Gasteiger partial charge < -0.3 is 10.2 Å². The summed E-state index contributed by atoms with van der Waals surface area (Å²) in [7, 11) is 3.85. The molecular weight excluding hydrogens is 234 g/mol. The number of hydrogen-bond acceptors (Lipinski definition) is 4. The Labute approximate surface area is 104 Å². The Hall–Kier alpha value is -1.88. The summed E-state index contributed by atoms with van der Waals surface area (Å²) in [5.41, 5.74) is 1.65. The van der Waals surface area contributed by atoms with Gasteiger partial charge in [0.1, 0.15) is 0 Å². The molecule has 88 valence electrons. The van der Waals surface area contributed by atoms with E-state index in [0.29, 0.717) is 4.88 Å². The normalized spacial score (nSPS) is 10.0. The van der Waals surface area contributed by atoms with Crippen LogP contribution in [0.3, 0.4) is 0 Å². The Kier molecular flexibility index (Phi) is 3.39. The number of thiophene rings is 1. The molecule has 0 aliphatic rings. The molecule has 4 nitrogen and oxygen atoms in total. The molecule has 0 spiro atoms. The van der Waals surface area contributed by atoms with Crippen LogP contribution in [0.5, 0.6) is 0 Å². The SMILES string of the molecule is CN(C)c1ccncc1NC(=O)c1cccs1. The Balaban J connectivity index is 2.22. The van der Waals surface area contributed by atoms with Crippen LogP contribution in [0, 0.1) is 0 Å². The zero-order valence-corrected chi connectivity index (χ0v) is 10.5. The summed E-state index contributed by atoms with van der Waals surface area (Å²) in [5.74, 6) is -0.101. The Morgan fingerprint density at radius 1 is 1.41 bits per heavy atom. The maximum Gasteiger partial charge on any atom is 0.265 e. The van der Waals surface area contributed by atoms with E-state index in [1.165, 1.54) is 11.3 Å². The molecule has 0 atom stereocenters. The van der Waals surface area contributed by atoms with Crippen LogP contribution in [-0.2, 0) is 0 Å². The zero-order valence-electron chi connectivity index (χ0n) is 9.68. The lowest BCUT2D eigenvalue weighted by atomic mass is 10.3. The van der Waals surface area contributed by atoms with E-state index in [0.717, 1.165) is 11.4 Å². The predicted octanol–water partition coefficient (Wildman–Crippen LogP) is 2.46. The molecule has 0 aliphatic carbocycles. The van der Waals surface area contributed by atoms with Crippen LogP contribution in [0.25, 0.3) is 0 Å². The molecule has 1 N–H and O–H groups in total. The van der Waals surface area contributed by atoms with Crippen molar-refractivity contribution in [1.29, 1.82) is 0 Å². The van der Waals surface area contributed by atoms with Gasteiger partial charge in [-0.05, 0) is 17.5 Å². The maximum absolute atomic E-state index is 11.9. The van der Waals surface area contributed by atoms with Crippen LogP contribution in [-0.4, -0.2) is 25.0 Å². The zero-order chi connectivity index (χ0) is 12.3. The van der Waals surface area contributed by atoms with Crippen LogP contribution >= 0.6 is 11.3 Å². The van der Waals surface area contributed by atoms with E-state index < -0.39 is 0 Å². The molecule has 0 saturated carbocycles. The number of carbonyl (C=O) groups excluding carboxylic acids is 1. The van der Waals surface area contributed by atoms with Crippen molar-refractivity contribution in [2.75, 3.05) is 24.3 Å². The first-order valence-corrected chi connectivity index (χ1v) is 6.02. The van der Waals surface area contributed by atoms with E-state index in [2.05, 4.69) is 10.3 Å². The molecule has 0 bridgehead atoms. The van der Waals surface area contributed by atoms with Crippen molar-refractivity contribution >= 4 is 28.6 Å². The first-order chi connectivity index (χ1) is 8.18. The Bertz CT molecular complexity index is 508. The van der Waals surface area contributed by atoms with Gasteiger partial charge in [0.05, 0.1) is 22.4 Å². The van der Waals surface area contributed by atoms with Crippen molar-refractivity contribution in [3.63, 3.8) is 0 Å². The monoisotopic (exact) mass is 247 g/mol. The van der Waals surface area contributed by atoms with Crippen molar-refractivity contribution in [2.24, 2.45) is 0 Å². The van der Waals surface area contributed by atoms with Crippen LogP contribution in [0.4, 0.5) is 11.4 Å². The molecular formula is C12H13N3OS. The van der Waals surface area contributed by atoms with Gasteiger partial charge in [0.15, 0.2) is 0 Å². The molecule has 5 heteroatoms. The van der Waals surface area contributed by atoms with Crippen LogP contribution in [0.1, 0.15) is 9.67 Å². The molecule has 0 radical (unpaired) electrons. The number of anilines is 2. The summed E-state index contributed by atoms with van der Waals surface area (Å²) in [6, 6.07) is 5.52. The van der Waals surface area contributed by atoms with Crippen LogP contribution in [0.2, 0.25) is 0 Å². The third-order valence-corrected chi connectivity index (χ3v) is 3.14. The summed E-state index contributed by atoms with van der Waals surface area (Å²) in [4.78, 5) is 18.6. The van der Waals surface area contributed by atoms with E-state index in [1.807, 2.05) is 36.5 Å². The average Bonchev–Trinajstić information content (AvgIpc) is 2.83. The lowest BCUT2D eigenvalue weighted by Gasteiger charge is -2.16. The topological polar surface area (TPSA) is 45.2 Å². The molecule has 1 amide bonds. The van der Waals surface area contributed by atoms with Gasteiger partial charge in [-0.3, -0.25) is 9.78 Å². The lowest BCUT2D eigenvalue weighted by Crippen LogP contribution is -2.16. The predicted molar refractivity (Wildman–Crippen MR) is 70.8 cm³/mol. The molecule has 2 rings (SSSR count). The third-order valence-electron chi connectivity index (χ3n) is 2.27. The third kappa shape index (κ3) is 2.62. The van der Waals surface area contributed by atoms with Gasteiger partial charge in [0.25, 0.3) is 5.91 Å². The fourth-order valence-corrected chi connectivity index (χ4v) is 2.08. The Morgan fingerprint density at radius 2 is 2.24 bits per heavy atom. The molecule has 0 fully saturated rings. The van der Waals surface area contributed by atoms with Gasteiger partial charge in [-0.1, -0.05) is 6.07 Å². The second-order valence-corrected chi connectivity index (χ2v) is 4.67. The fourth-order valence-electron chi connectivity index (χ4n) is 1.47. The summed E-state index contributed by atoms with van der Waals surface area (Å²) in [5, 5.41) is 4.74. The van der Waals surface area contributed by atoms with Crippen molar-refractivity contribution in [3.8, 4) is 0 Å². The standard InChI is InChI=1S/C12H13N3OS/c1-15(2)10-5-6-13-8-9(10)14-12(16)11-4-3-7-17-11/h3-8H,1-2H3,(H,14,16). The number of nitrogens with one attached hydrogen (secondary N) is 1. The quantitative estimate of drug-likeness (QED) is 0.906. The second-order valence-electron chi connectivity index (χ2n) is 3.72. The molecule has 0 aromatic carbocycles. The van der Waals surface area contributed by atoms with E-state index in [9.17, 15) is 4.79 Å². The van der Waals surface area contributed by atoms with E-state index in [1.54, 1.807) is 18.5 Å². The second kappa shape index (κ2) is 4.97. The van der Waals surface area contributed by atoms with Gasteiger partial charge in [-0.15, -0.1) is 11.3 Å². The van der Waals surface area contributed by atoms with Gasteiger partial charge in [0.2, 0.25) is 0 Å². The summed E-state index contributed by atoms with van der Waals surface area (Å²) < 4.78 is 0. The number of pyridine rings is 1. The van der Waals surface area contributed by atoms with Crippen LogP contribution < -0.4 is 10.2 Å². The summed E-state index contributed by atoms with van der Waals surface area (Å²) in [6.45, 7) is 0. The number of rotatable bonds is 3. The number of carbonyl (C=O) groups is 1. The van der Waals surface area contributed by atoms with Crippen molar-refractivity contribution in [3.05, 3.63) is 40.8 Å². The van der Waals surface area contributed by atoms with Gasteiger partial charge in [0, 0.05) is 20.3 Å². The van der Waals surface area contributed by atoms with E-state index >= 15 is 0 Å². The van der Waals surface area contributed by atoms with E-state index in [-0.39, 0.29) is 5.91 Å². The molecule has 0 aliphatic heterocycles. The number of amides is 1. The molecule has 0 unspecified atom stereocenters. The van der Waals surface area contributed by atoms with E-state index in [4.69, 9.17) is 0 Å². The minimum Gasteiger partial charge on any atom is -0.376 e. The highest BCUT2D eigenvalue weighted by molar-refractivity contribution is 7.12. The van der Waals surface area contributed by atoms with Crippen molar-refractivity contribution < 1.29 is 4.79 Å². The first kappa shape index (κ1) is 11.6. The lowest BCUT2D eigenvalue weighted by molar-refractivity contribution is 0.103. The average molecular weight is 247 g/mol. The molecule has 2 aromatic heterocycles. The van der Waals surface area contributed by atoms with Gasteiger partial charge in [-0.2, -0.15) is 0 Å². The highest BCUT2D eigenvalue weighted by Crippen LogP contribution is 2.23. The summed E-state index contributed by atoms with van der Waals surface area (Å²) >= 11 is 1.42. The highest BCUT2D eigenvalue weighted by atomic mass is 32.1. The smallest absolute Gasteiger partial charge is 0.265 e. The molecule has 0 saturated heterocycles. The van der Waals surface area contributed by atoms with Crippen molar-refractivity contribution in [2.45, 2.75) is 0 Å². The molecule has 17 heavy (non-hydrogen) atoms. The molecule has 2 aromatic rings. The number of hydrogen-bond donors (Lipinski definition) is 1. The van der Waals surface area contributed by atoms with Crippen molar-refractivity contribution in [1.82, 2.24) is 4.98 Å². The number of nitrogens with zero attached hydrogens (tertiary/aromatic N) is 2. The van der Waals surface area contributed by atoms with Gasteiger partial charge >= 0.3 is 0 Å². The number of aromatic nitrogens is 1. The van der Waals surface area contributed by atoms with Gasteiger partial charge in [-0.25, -0.2) is 0 Å². The summed E-state index contributed by atoms with van der Waals surface area (Å²) in [6.07, 6.45) is 3.36. The maximum atomic E-state index is 11.9. The highest BCUT2D eigenvalue weighted by Gasteiger charge is 2.10. The fraction of sp³-hybridized carbons (Fsp3) is 0.167.